The van der Waals surface area contributed by atoms with Gasteiger partial charge in [-0.1, -0.05) is 24.3 Å². The number of benzene rings is 2. The number of rotatable bonds is 3. The molecule has 4 heteroatoms. The number of aliphatic imine (C=N–C) groups is 1. The highest BCUT2D eigenvalue weighted by atomic mass is 16.4. The van der Waals surface area contributed by atoms with Crippen molar-refractivity contribution in [2.24, 2.45) is 4.99 Å². The van der Waals surface area contributed by atoms with Gasteiger partial charge in [0.1, 0.15) is 5.84 Å². The number of carboxylic acids is 1. The van der Waals surface area contributed by atoms with Crippen molar-refractivity contribution in [3.8, 4) is 11.1 Å². The monoisotopic (exact) mass is 280 g/mol. The summed E-state index contributed by atoms with van der Waals surface area (Å²) >= 11 is 0. The summed E-state index contributed by atoms with van der Waals surface area (Å²) in [6, 6.07) is 15.1. The second kappa shape index (κ2) is 5.40. The quantitative estimate of drug-likeness (QED) is 0.938. The summed E-state index contributed by atoms with van der Waals surface area (Å²) in [5.74, 6) is 0.113. The molecule has 2 aromatic rings. The SMILES string of the molecule is CC1=NCCN1c1cccc(-c2cccc(C(=O)O)c2)c1. The Labute approximate surface area is 123 Å². The molecule has 3 rings (SSSR count). The number of anilines is 1. The number of nitrogens with zero attached hydrogens (tertiary/aromatic N) is 2. The zero-order chi connectivity index (χ0) is 14.8. The van der Waals surface area contributed by atoms with E-state index in [2.05, 4.69) is 22.0 Å². The second-order valence-corrected chi connectivity index (χ2v) is 5.02. The van der Waals surface area contributed by atoms with Crippen molar-refractivity contribution in [3.05, 3.63) is 54.1 Å². The zero-order valence-corrected chi connectivity index (χ0v) is 11.8. The van der Waals surface area contributed by atoms with Crippen LogP contribution >= 0.6 is 0 Å². The van der Waals surface area contributed by atoms with Crippen LogP contribution in [0.2, 0.25) is 0 Å². The number of aromatic carboxylic acids is 1. The molecule has 0 radical (unpaired) electrons. The Morgan fingerprint density at radius 1 is 1.14 bits per heavy atom. The molecule has 0 spiro atoms. The average molecular weight is 280 g/mol. The molecule has 0 amide bonds. The third kappa shape index (κ3) is 2.65. The van der Waals surface area contributed by atoms with Crippen LogP contribution in [0.15, 0.2) is 53.5 Å². The number of carboxylic acid groups (broad SMARTS) is 1. The summed E-state index contributed by atoms with van der Waals surface area (Å²) in [7, 11) is 0. The Morgan fingerprint density at radius 3 is 2.52 bits per heavy atom. The molecule has 2 aromatic carbocycles. The van der Waals surface area contributed by atoms with Crippen LogP contribution in [0.3, 0.4) is 0 Å². The lowest BCUT2D eigenvalue weighted by Crippen LogP contribution is -2.24. The maximum atomic E-state index is 11.1. The van der Waals surface area contributed by atoms with Crippen LogP contribution in [0.1, 0.15) is 17.3 Å². The summed E-state index contributed by atoms with van der Waals surface area (Å²) in [6.07, 6.45) is 0. The second-order valence-electron chi connectivity index (χ2n) is 5.02. The van der Waals surface area contributed by atoms with Crippen molar-refractivity contribution in [2.45, 2.75) is 6.92 Å². The summed E-state index contributed by atoms with van der Waals surface area (Å²) in [5, 5.41) is 9.09. The van der Waals surface area contributed by atoms with E-state index in [1.165, 1.54) is 0 Å². The van der Waals surface area contributed by atoms with Crippen LogP contribution in [0.5, 0.6) is 0 Å². The molecule has 106 valence electrons. The van der Waals surface area contributed by atoms with E-state index >= 15 is 0 Å². The molecule has 4 nitrogen and oxygen atoms in total. The van der Waals surface area contributed by atoms with Crippen molar-refractivity contribution >= 4 is 17.5 Å². The highest BCUT2D eigenvalue weighted by Crippen LogP contribution is 2.26. The molecule has 1 aliphatic rings. The molecular formula is C17H16N2O2. The minimum atomic E-state index is -0.907. The fourth-order valence-corrected chi connectivity index (χ4v) is 2.56. The van der Waals surface area contributed by atoms with Crippen molar-refractivity contribution in [2.75, 3.05) is 18.0 Å². The van der Waals surface area contributed by atoms with Gasteiger partial charge in [-0.3, -0.25) is 4.99 Å². The van der Waals surface area contributed by atoms with Crippen LogP contribution in [0.4, 0.5) is 5.69 Å². The molecule has 0 saturated heterocycles. The first-order chi connectivity index (χ1) is 10.1. The fraction of sp³-hybridized carbons (Fsp3) is 0.176. The van der Waals surface area contributed by atoms with Crippen molar-refractivity contribution in [1.29, 1.82) is 0 Å². The Kier molecular flexibility index (Phi) is 3.44. The van der Waals surface area contributed by atoms with E-state index in [0.29, 0.717) is 5.56 Å². The Bertz CT molecular complexity index is 722. The van der Waals surface area contributed by atoms with Gasteiger partial charge in [-0.15, -0.1) is 0 Å². The van der Waals surface area contributed by atoms with Crippen LogP contribution in [0, 0.1) is 0 Å². The maximum Gasteiger partial charge on any atom is 0.335 e. The number of carbonyl (C=O) groups is 1. The van der Waals surface area contributed by atoms with E-state index in [0.717, 1.165) is 35.7 Å². The molecule has 1 heterocycles. The van der Waals surface area contributed by atoms with Crippen LogP contribution < -0.4 is 4.90 Å². The van der Waals surface area contributed by atoms with Gasteiger partial charge < -0.3 is 10.0 Å². The van der Waals surface area contributed by atoms with Gasteiger partial charge in [0.05, 0.1) is 12.1 Å². The highest BCUT2D eigenvalue weighted by molar-refractivity contribution is 5.98. The fourth-order valence-electron chi connectivity index (χ4n) is 2.56. The van der Waals surface area contributed by atoms with Crippen molar-refractivity contribution < 1.29 is 9.90 Å². The van der Waals surface area contributed by atoms with Gasteiger partial charge in [0.25, 0.3) is 0 Å². The van der Waals surface area contributed by atoms with Gasteiger partial charge in [0, 0.05) is 12.2 Å². The zero-order valence-electron chi connectivity index (χ0n) is 11.8. The van der Waals surface area contributed by atoms with E-state index in [9.17, 15) is 4.79 Å². The molecule has 0 aliphatic carbocycles. The predicted octanol–water partition coefficient (Wildman–Crippen LogP) is 3.29. The third-order valence-corrected chi connectivity index (χ3v) is 3.66. The lowest BCUT2D eigenvalue weighted by atomic mass is 10.0. The van der Waals surface area contributed by atoms with Gasteiger partial charge in [-0.05, 0) is 42.3 Å². The molecule has 1 aliphatic heterocycles. The van der Waals surface area contributed by atoms with E-state index in [4.69, 9.17) is 5.11 Å². The first kappa shape index (κ1) is 13.4. The van der Waals surface area contributed by atoms with E-state index in [1.807, 2.05) is 25.1 Å². The van der Waals surface area contributed by atoms with Gasteiger partial charge in [-0.25, -0.2) is 4.79 Å². The van der Waals surface area contributed by atoms with Crippen LogP contribution in [-0.2, 0) is 0 Å². The smallest absolute Gasteiger partial charge is 0.335 e. The minimum Gasteiger partial charge on any atom is -0.478 e. The maximum absolute atomic E-state index is 11.1. The molecule has 0 bridgehead atoms. The van der Waals surface area contributed by atoms with Crippen molar-refractivity contribution in [1.82, 2.24) is 0 Å². The Morgan fingerprint density at radius 2 is 1.86 bits per heavy atom. The van der Waals surface area contributed by atoms with E-state index < -0.39 is 5.97 Å². The molecule has 0 atom stereocenters. The topological polar surface area (TPSA) is 52.9 Å². The molecule has 21 heavy (non-hydrogen) atoms. The first-order valence-electron chi connectivity index (χ1n) is 6.87. The van der Waals surface area contributed by atoms with Gasteiger partial charge in [0.15, 0.2) is 0 Å². The lowest BCUT2D eigenvalue weighted by molar-refractivity contribution is 0.0697. The number of amidine groups is 1. The van der Waals surface area contributed by atoms with Gasteiger partial charge in [0.2, 0.25) is 0 Å². The summed E-state index contributed by atoms with van der Waals surface area (Å²) in [5.41, 5.74) is 3.31. The molecule has 0 aromatic heterocycles. The molecule has 0 fully saturated rings. The van der Waals surface area contributed by atoms with Crippen LogP contribution in [0.25, 0.3) is 11.1 Å². The first-order valence-corrected chi connectivity index (χ1v) is 6.87. The average Bonchev–Trinajstić information content (AvgIpc) is 2.94. The molecule has 0 unspecified atom stereocenters. The number of hydrogen-bond donors (Lipinski definition) is 1. The largest absolute Gasteiger partial charge is 0.478 e. The number of hydrogen-bond acceptors (Lipinski definition) is 3. The van der Waals surface area contributed by atoms with E-state index in [1.54, 1.807) is 18.2 Å². The summed E-state index contributed by atoms with van der Waals surface area (Å²) in [4.78, 5) is 17.6. The minimum absolute atomic E-state index is 0.303. The summed E-state index contributed by atoms with van der Waals surface area (Å²) in [6.45, 7) is 3.72. The Hall–Kier alpha value is -2.62. The molecular weight excluding hydrogens is 264 g/mol. The summed E-state index contributed by atoms with van der Waals surface area (Å²) < 4.78 is 0. The predicted molar refractivity (Wildman–Crippen MR) is 84.2 cm³/mol. The molecule has 1 N–H and O–H groups in total. The lowest BCUT2D eigenvalue weighted by Gasteiger charge is -2.19. The standard InChI is InChI=1S/C17H16N2O2/c1-12-18-8-9-19(12)16-7-3-5-14(11-16)13-4-2-6-15(10-13)17(20)21/h2-7,10-11H,8-9H2,1H3,(H,20,21). The third-order valence-electron chi connectivity index (χ3n) is 3.66. The van der Waals surface area contributed by atoms with Gasteiger partial charge >= 0.3 is 5.97 Å². The van der Waals surface area contributed by atoms with Gasteiger partial charge in [-0.2, -0.15) is 0 Å². The normalized spacial score (nSPS) is 14.1. The van der Waals surface area contributed by atoms with Crippen molar-refractivity contribution in [3.63, 3.8) is 0 Å². The highest BCUT2D eigenvalue weighted by Gasteiger charge is 2.15. The molecule has 0 saturated carbocycles. The van der Waals surface area contributed by atoms with Crippen LogP contribution in [-0.4, -0.2) is 30.0 Å². The Balaban J connectivity index is 1.98. The van der Waals surface area contributed by atoms with E-state index in [-0.39, 0.29) is 0 Å².